The van der Waals surface area contributed by atoms with E-state index in [1.165, 1.54) is 27.3 Å². The second kappa shape index (κ2) is 7.81. The molecule has 1 N–H and O–H groups in total. The van der Waals surface area contributed by atoms with Gasteiger partial charge in [-0.15, -0.1) is 5.10 Å². The molecule has 2 heterocycles. The standard InChI is InChI=1S/C23H21FN4O3/c1-4-26-19(13-29)25-28(23(26)31)21-20(14(2)3)17-10-5-6-11-18(17)22(30)27(21)16-9-7-8-15(24)12-16/h5-12,29H,2,4,13H2,1,3H3. The summed E-state index contributed by atoms with van der Waals surface area (Å²) < 4.78 is 17.8. The van der Waals surface area contributed by atoms with Gasteiger partial charge in [-0.1, -0.05) is 30.8 Å². The molecule has 0 spiro atoms. The van der Waals surface area contributed by atoms with E-state index in [9.17, 15) is 19.1 Å². The van der Waals surface area contributed by atoms with Crippen LogP contribution >= 0.6 is 0 Å². The topological polar surface area (TPSA) is 82.0 Å². The highest BCUT2D eigenvalue weighted by molar-refractivity contribution is 5.95. The fraction of sp³-hybridized carbons (Fsp3) is 0.174. The molecule has 0 aliphatic rings. The molecule has 7 nitrogen and oxygen atoms in total. The van der Waals surface area contributed by atoms with E-state index in [4.69, 9.17) is 0 Å². The zero-order valence-corrected chi connectivity index (χ0v) is 17.2. The van der Waals surface area contributed by atoms with Gasteiger partial charge in [0.25, 0.3) is 5.56 Å². The van der Waals surface area contributed by atoms with E-state index in [-0.39, 0.29) is 23.9 Å². The van der Waals surface area contributed by atoms with Crippen LogP contribution in [0.1, 0.15) is 25.2 Å². The highest BCUT2D eigenvalue weighted by Gasteiger charge is 2.24. The van der Waals surface area contributed by atoms with Gasteiger partial charge in [0.2, 0.25) is 0 Å². The Morgan fingerprint density at radius 2 is 1.84 bits per heavy atom. The molecule has 0 saturated heterocycles. The highest BCUT2D eigenvalue weighted by Crippen LogP contribution is 2.29. The minimum atomic E-state index is -0.525. The lowest BCUT2D eigenvalue weighted by Gasteiger charge is -2.19. The van der Waals surface area contributed by atoms with Crippen molar-refractivity contribution in [2.45, 2.75) is 27.0 Å². The molecule has 0 unspecified atom stereocenters. The number of pyridine rings is 1. The van der Waals surface area contributed by atoms with Crippen LogP contribution in [0.3, 0.4) is 0 Å². The molecule has 0 atom stereocenters. The van der Waals surface area contributed by atoms with Crippen molar-refractivity contribution in [1.29, 1.82) is 0 Å². The van der Waals surface area contributed by atoms with Crippen molar-refractivity contribution < 1.29 is 9.50 Å². The lowest BCUT2D eigenvalue weighted by Crippen LogP contribution is -2.31. The van der Waals surface area contributed by atoms with Gasteiger partial charge in [0.15, 0.2) is 11.6 Å². The smallest absolute Gasteiger partial charge is 0.352 e. The van der Waals surface area contributed by atoms with Crippen LogP contribution in [-0.2, 0) is 13.2 Å². The molecule has 158 valence electrons. The van der Waals surface area contributed by atoms with Gasteiger partial charge in [0.05, 0.1) is 5.69 Å². The van der Waals surface area contributed by atoms with Gasteiger partial charge in [0, 0.05) is 17.5 Å². The molecule has 0 fully saturated rings. The number of allylic oxidation sites excluding steroid dienone is 1. The summed E-state index contributed by atoms with van der Waals surface area (Å²) in [6, 6.07) is 12.5. The lowest BCUT2D eigenvalue weighted by atomic mass is 10.0. The maximum Gasteiger partial charge on any atom is 0.352 e. The van der Waals surface area contributed by atoms with Crippen LogP contribution in [-0.4, -0.2) is 24.0 Å². The number of hydrogen-bond donors (Lipinski definition) is 1. The number of hydrogen-bond acceptors (Lipinski definition) is 4. The van der Waals surface area contributed by atoms with Gasteiger partial charge >= 0.3 is 5.69 Å². The van der Waals surface area contributed by atoms with Crippen LogP contribution in [0.5, 0.6) is 0 Å². The van der Waals surface area contributed by atoms with E-state index in [0.29, 0.717) is 21.9 Å². The summed E-state index contributed by atoms with van der Waals surface area (Å²) in [7, 11) is 0. The predicted octanol–water partition coefficient (Wildman–Crippen LogP) is 3.02. The van der Waals surface area contributed by atoms with Crippen LogP contribution in [0.25, 0.3) is 27.9 Å². The Morgan fingerprint density at radius 3 is 2.42 bits per heavy atom. The summed E-state index contributed by atoms with van der Waals surface area (Å²) in [4.78, 5) is 26.7. The maximum absolute atomic E-state index is 14.1. The van der Waals surface area contributed by atoms with Gasteiger partial charge in [-0.3, -0.25) is 13.9 Å². The predicted molar refractivity (Wildman–Crippen MR) is 117 cm³/mol. The van der Waals surface area contributed by atoms with Crippen molar-refractivity contribution in [2.24, 2.45) is 0 Å². The zero-order chi connectivity index (χ0) is 22.3. The second-order valence-corrected chi connectivity index (χ2v) is 7.16. The Hall–Kier alpha value is -3.78. The first-order valence-electron chi connectivity index (χ1n) is 9.78. The summed E-state index contributed by atoms with van der Waals surface area (Å²) in [5.74, 6) is -0.219. The van der Waals surface area contributed by atoms with Gasteiger partial charge in [-0.05, 0) is 49.1 Å². The number of halogens is 1. The molecule has 0 aliphatic carbocycles. The van der Waals surface area contributed by atoms with E-state index < -0.39 is 23.7 Å². The van der Waals surface area contributed by atoms with Crippen molar-refractivity contribution in [3.05, 3.63) is 93.2 Å². The van der Waals surface area contributed by atoms with Crippen molar-refractivity contribution in [1.82, 2.24) is 18.9 Å². The number of aromatic nitrogens is 4. The molecule has 2 aromatic heterocycles. The van der Waals surface area contributed by atoms with Crippen molar-refractivity contribution in [3.8, 4) is 11.5 Å². The normalized spacial score (nSPS) is 11.2. The SMILES string of the molecule is C=C(C)c1c(-n2nc(CO)n(CC)c2=O)n(-c2cccc(F)c2)c(=O)c2ccccc12. The fourth-order valence-electron chi connectivity index (χ4n) is 3.82. The molecule has 0 aliphatic heterocycles. The van der Waals surface area contributed by atoms with Gasteiger partial charge in [0.1, 0.15) is 12.4 Å². The number of rotatable bonds is 5. The van der Waals surface area contributed by atoms with Gasteiger partial charge in [-0.2, -0.15) is 4.68 Å². The van der Waals surface area contributed by atoms with Crippen LogP contribution in [0.4, 0.5) is 4.39 Å². The number of benzene rings is 2. The minimum absolute atomic E-state index is 0.147. The summed E-state index contributed by atoms with van der Waals surface area (Å²) in [6.45, 7) is 7.41. The first-order chi connectivity index (χ1) is 14.9. The maximum atomic E-state index is 14.1. The largest absolute Gasteiger partial charge is 0.388 e. The Balaban J connectivity index is 2.29. The molecule has 2 aromatic carbocycles. The van der Waals surface area contributed by atoms with Crippen molar-refractivity contribution >= 4 is 16.3 Å². The number of aliphatic hydroxyl groups is 1. The minimum Gasteiger partial charge on any atom is -0.388 e. The molecule has 31 heavy (non-hydrogen) atoms. The van der Waals surface area contributed by atoms with Crippen LogP contribution < -0.4 is 11.2 Å². The second-order valence-electron chi connectivity index (χ2n) is 7.16. The molecular weight excluding hydrogens is 399 g/mol. The van der Waals surface area contributed by atoms with Gasteiger partial charge in [-0.25, -0.2) is 9.18 Å². The van der Waals surface area contributed by atoms with Gasteiger partial charge < -0.3 is 5.11 Å². The summed E-state index contributed by atoms with van der Waals surface area (Å²) in [6.07, 6.45) is 0. The highest BCUT2D eigenvalue weighted by atomic mass is 19.1. The summed E-state index contributed by atoms with van der Waals surface area (Å²) >= 11 is 0. The van der Waals surface area contributed by atoms with Crippen LogP contribution in [0.15, 0.2) is 64.7 Å². The summed E-state index contributed by atoms with van der Waals surface area (Å²) in [5, 5.41) is 15.0. The molecule has 0 amide bonds. The van der Waals surface area contributed by atoms with E-state index in [1.807, 2.05) is 0 Å². The monoisotopic (exact) mass is 420 g/mol. The van der Waals surface area contributed by atoms with Crippen molar-refractivity contribution in [3.63, 3.8) is 0 Å². The number of nitrogens with zero attached hydrogens (tertiary/aromatic N) is 4. The molecule has 4 aromatic rings. The first kappa shape index (κ1) is 20.5. The van der Waals surface area contributed by atoms with Crippen molar-refractivity contribution in [2.75, 3.05) is 0 Å². The zero-order valence-electron chi connectivity index (χ0n) is 17.2. The molecule has 0 saturated carbocycles. The fourth-order valence-corrected chi connectivity index (χ4v) is 3.82. The third-order valence-electron chi connectivity index (χ3n) is 5.16. The number of aliphatic hydroxyl groups excluding tert-OH is 1. The Kier molecular flexibility index (Phi) is 5.16. The molecule has 8 heteroatoms. The third-order valence-corrected chi connectivity index (χ3v) is 5.16. The first-order valence-corrected chi connectivity index (χ1v) is 9.78. The van der Waals surface area contributed by atoms with Crippen LogP contribution in [0.2, 0.25) is 0 Å². The Labute approximate surface area is 176 Å². The number of fused-ring (bicyclic) bond motifs is 1. The average molecular weight is 420 g/mol. The van der Waals surface area contributed by atoms with E-state index in [1.54, 1.807) is 44.2 Å². The Morgan fingerprint density at radius 1 is 1.13 bits per heavy atom. The quantitative estimate of drug-likeness (QED) is 0.538. The van der Waals surface area contributed by atoms with Crippen LogP contribution in [0, 0.1) is 5.82 Å². The third kappa shape index (κ3) is 3.21. The van der Waals surface area contributed by atoms with E-state index in [2.05, 4.69) is 11.7 Å². The molecule has 0 radical (unpaired) electrons. The lowest BCUT2D eigenvalue weighted by molar-refractivity contribution is 0.264. The van der Waals surface area contributed by atoms with E-state index in [0.717, 1.165) is 4.68 Å². The Bertz CT molecular complexity index is 1450. The average Bonchev–Trinajstić information content (AvgIpc) is 3.08. The molecular formula is C23H21FN4O3. The molecule has 4 rings (SSSR count). The van der Waals surface area contributed by atoms with E-state index >= 15 is 0 Å². The molecule has 0 bridgehead atoms. The summed E-state index contributed by atoms with van der Waals surface area (Å²) in [5.41, 5.74) is 0.432.